The molecule has 0 fully saturated rings. The van der Waals surface area contributed by atoms with Crippen LogP contribution in [0.5, 0.6) is 0 Å². The highest BCUT2D eigenvalue weighted by molar-refractivity contribution is 9.10. The zero-order valence-corrected chi connectivity index (χ0v) is 10.4. The first-order chi connectivity index (χ1) is 7.84. The zero-order valence-electron chi connectivity index (χ0n) is 8.78. The molecule has 0 saturated heterocycles. The van der Waals surface area contributed by atoms with Crippen molar-refractivity contribution in [2.45, 2.75) is 12.6 Å². The minimum absolute atomic E-state index is 0.351. The van der Waals surface area contributed by atoms with Gasteiger partial charge in [-0.3, -0.25) is 0 Å². The Bertz CT molecular complexity index is 507. The van der Waals surface area contributed by atoms with Crippen LogP contribution in [-0.2, 0) is 6.54 Å². The lowest BCUT2D eigenvalue weighted by molar-refractivity contribution is 0.667. The molecule has 16 heavy (non-hydrogen) atoms. The van der Waals surface area contributed by atoms with Crippen LogP contribution < -0.4 is 5.32 Å². The molecule has 1 unspecified atom stereocenters. The molecule has 1 nitrogen and oxygen atoms in total. The van der Waals surface area contributed by atoms with Gasteiger partial charge in [-0.15, -0.1) is 0 Å². The van der Waals surface area contributed by atoms with Crippen LogP contribution in [0.2, 0.25) is 0 Å². The summed E-state index contributed by atoms with van der Waals surface area (Å²) < 4.78 is 1.15. The van der Waals surface area contributed by atoms with Crippen LogP contribution in [0.1, 0.15) is 22.7 Å². The molecule has 0 amide bonds. The van der Waals surface area contributed by atoms with E-state index in [1.165, 1.54) is 16.7 Å². The van der Waals surface area contributed by atoms with Crippen LogP contribution in [-0.4, -0.2) is 0 Å². The Labute approximate surface area is 104 Å². The molecule has 0 bridgehead atoms. The first-order valence-electron chi connectivity index (χ1n) is 5.41. The minimum atomic E-state index is 0.351. The average Bonchev–Trinajstić information content (AvgIpc) is 2.73. The van der Waals surface area contributed by atoms with E-state index < -0.39 is 0 Å². The second kappa shape index (κ2) is 4.04. The molecule has 0 saturated carbocycles. The van der Waals surface area contributed by atoms with Gasteiger partial charge in [-0.2, -0.15) is 0 Å². The van der Waals surface area contributed by atoms with Crippen molar-refractivity contribution in [3.63, 3.8) is 0 Å². The van der Waals surface area contributed by atoms with Gasteiger partial charge in [-0.1, -0.05) is 52.3 Å². The van der Waals surface area contributed by atoms with Crippen LogP contribution in [0, 0.1) is 0 Å². The van der Waals surface area contributed by atoms with Crippen molar-refractivity contribution in [2.75, 3.05) is 0 Å². The molecular weight excluding hydrogens is 262 g/mol. The van der Waals surface area contributed by atoms with Gasteiger partial charge in [0.05, 0.1) is 6.04 Å². The highest BCUT2D eigenvalue weighted by Crippen LogP contribution is 2.32. The van der Waals surface area contributed by atoms with Crippen LogP contribution in [0.15, 0.2) is 53.0 Å². The van der Waals surface area contributed by atoms with E-state index in [4.69, 9.17) is 0 Å². The number of hydrogen-bond donors (Lipinski definition) is 1. The Kier molecular flexibility index (Phi) is 2.54. The van der Waals surface area contributed by atoms with Crippen LogP contribution in [0.25, 0.3) is 0 Å². The summed E-state index contributed by atoms with van der Waals surface area (Å²) in [6.07, 6.45) is 0. The molecule has 0 aliphatic carbocycles. The number of benzene rings is 2. The molecular formula is C14H12BrN. The van der Waals surface area contributed by atoms with Gasteiger partial charge in [-0.05, 0) is 28.8 Å². The first-order valence-corrected chi connectivity index (χ1v) is 6.20. The molecule has 1 aliphatic heterocycles. The van der Waals surface area contributed by atoms with Gasteiger partial charge in [0.2, 0.25) is 0 Å². The van der Waals surface area contributed by atoms with E-state index in [1.807, 2.05) is 0 Å². The second-order valence-electron chi connectivity index (χ2n) is 4.07. The van der Waals surface area contributed by atoms with E-state index in [9.17, 15) is 0 Å². The number of hydrogen-bond acceptors (Lipinski definition) is 1. The molecule has 1 atom stereocenters. The van der Waals surface area contributed by atoms with Crippen LogP contribution >= 0.6 is 15.9 Å². The molecule has 1 N–H and O–H groups in total. The molecule has 0 radical (unpaired) electrons. The Morgan fingerprint density at radius 3 is 2.69 bits per heavy atom. The third-order valence-corrected chi connectivity index (χ3v) is 3.54. The third-order valence-electron chi connectivity index (χ3n) is 3.05. The van der Waals surface area contributed by atoms with Crippen molar-refractivity contribution in [1.82, 2.24) is 5.32 Å². The molecule has 2 aromatic carbocycles. The molecule has 2 heteroatoms. The SMILES string of the molecule is Brc1ccc2c(c1)CNC2c1ccccc1. The fourth-order valence-corrected chi connectivity index (χ4v) is 2.68. The lowest BCUT2D eigenvalue weighted by Crippen LogP contribution is -2.12. The largest absolute Gasteiger partial charge is 0.302 e. The zero-order chi connectivity index (χ0) is 11.0. The van der Waals surface area contributed by atoms with Crippen molar-refractivity contribution >= 4 is 15.9 Å². The van der Waals surface area contributed by atoms with Crippen LogP contribution in [0.4, 0.5) is 0 Å². The standard InChI is InChI=1S/C14H12BrN/c15-12-6-7-13-11(8-12)9-16-14(13)10-4-2-1-3-5-10/h1-8,14,16H,9H2. The number of halogens is 1. The van der Waals surface area contributed by atoms with Gasteiger partial charge < -0.3 is 5.32 Å². The predicted molar refractivity (Wildman–Crippen MR) is 69.3 cm³/mol. The maximum Gasteiger partial charge on any atom is 0.0582 e. The number of fused-ring (bicyclic) bond motifs is 1. The summed E-state index contributed by atoms with van der Waals surface area (Å²) in [6, 6.07) is 17.5. The molecule has 2 aromatic rings. The smallest absolute Gasteiger partial charge is 0.0582 e. The number of rotatable bonds is 1. The average molecular weight is 274 g/mol. The quantitative estimate of drug-likeness (QED) is 0.837. The van der Waals surface area contributed by atoms with Crippen LogP contribution in [0.3, 0.4) is 0 Å². The van der Waals surface area contributed by atoms with Gasteiger partial charge in [-0.25, -0.2) is 0 Å². The summed E-state index contributed by atoms with van der Waals surface area (Å²) in [5.74, 6) is 0. The maximum absolute atomic E-state index is 3.54. The summed E-state index contributed by atoms with van der Waals surface area (Å²) in [6.45, 7) is 0.953. The minimum Gasteiger partial charge on any atom is -0.302 e. The Balaban J connectivity index is 2.04. The van der Waals surface area contributed by atoms with Gasteiger partial charge in [0.25, 0.3) is 0 Å². The summed E-state index contributed by atoms with van der Waals surface area (Å²) in [5, 5.41) is 3.54. The van der Waals surface area contributed by atoms with Crippen molar-refractivity contribution < 1.29 is 0 Å². The Hall–Kier alpha value is -1.12. The fraction of sp³-hybridized carbons (Fsp3) is 0.143. The Morgan fingerprint density at radius 2 is 1.88 bits per heavy atom. The summed E-state index contributed by atoms with van der Waals surface area (Å²) in [7, 11) is 0. The lowest BCUT2D eigenvalue weighted by Gasteiger charge is -2.12. The molecule has 1 aliphatic rings. The van der Waals surface area contributed by atoms with Gasteiger partial charge in [0.1, 0.15) is 0 Å². The van der Waals surface area contributed by atoms with Crippen molar-refractivity contribution in [3.05, 3.63) is 69.7 Å². The number of nitrogens with one attached hydrogen (secondary N) is 1. The van der Waals surface area contributed by atoms with E-state index in [1.54, 1.807) is 0 Å². The Morgan fingerprint density at radius 1 is 1.06 bits per heavy atom. The summed E-state index contributed by atoms with van der Waals surface area (Å²) in [4.78, 5) is 0. The molecule has 0 spiro atoms. The molecule has 1 heterocycles. The molecule has 3 rings (SSSR count). The van der Waals surface area contributed by atoms with E-state index in [0.29, 0.717) is 6.04 Å². The topological polar surface area (TPSA) is 12.0 Å². The maximum atomic E-state index is 3.54. The first kappa shape index (κ1) is 10.1. The van der Waals surface area contributed by atoms with Crippen molar-refractivity contribution in [1.29, 1.82) is 0 Å². The third kappa shape index (κ3) is 1.68. The summed E-state index contributed by atoms with van der Waals surface area (Å²) in [5.41, 5.74) is 4.13. The highest BCUT2D eigenvalue weighted by Gasteiger charge is 2.22. The normalized spacial score (nSPS) is 18.4. The molecule has 80 valence electrons. The van der Waals surface area contributed by atoms with Gasteiger partial charge in [0.15, 0.2) is 0 Å². The van der Waals surface area contributed by atoms with E-state index in [-0.39, 0.29) is 0 Å². The molecule has 0 aromatic heterocycles. The second-order valence-corrected chi connectivity index (χ2v) is 4.98. The fourth-order valence-electron chi connectivity index (χ4n) is 2.27. The van der Waals surface area contributed by atoms with E-state index in [2.05, 4.69) is 69.8 Å². The van der Waals surface area contributed by atoms with Crippen molar-refractivity contribution in [3.8, 4) is 0 Å². The van der Waals surface area contributed by atoms with Gasteiger partial charge >= 0.3 is 0 Å². The van der Waals surface area contributed by atoms with Crippen molar-refractivity contribution in [2.24, 2.45) is 0 Å². The monoisotopic (exact) mass is 273 g/mol. The lowest BCUT2D eigenvalue weighted by atomic mass is 9.99. The predicted octanol–water partition coefficient (Wildman–Crippen LogP) is 3.64. The highest BCUT2D eigenvalue weighted by atomic mass is 79.9. The van der Waals surface area contributed by atoms with E-state index >= 15 is 0 Å². The van der Waals surface area contributed by atoms with E-state index in [0.717, 1.165) is 11.0 Å². The summed E-state index contributed by atoms with van der Waals surface area (Å²) >= 11 is 3.51. The van der Waals surface area contributed by atoms with Gasteiger partial charge in [0, 0.05) is 11.0 Å².